The van der Waals surface area contributed by atoms with Crippen molar-refractivity contribution in [2.45, 2.75) is 129 Å². The van der Waals surface area contributed by atoms with Crippen molar-refractivity contribution in [3.8, 4) is 0 Å². The third kappa shape index (κ3) is 19.6. The van der Waals surface area contributed by atoms with Gasteiger partial charge in [0.25, 0.3) is 0 Å². The third-order valence-corrected chi connectivity index (χ3v) is 4.90. The molecule has 25 heavy (non-hydrogen) atoms. The summed E-state index contributed by atoms with van der Waals surface area (Å²) in [6.07, 6.45) is 20.6. The monoisotopic (exact) mass is 356 g/mol. The topological polar surface area (TPSA) is 46.5 Å². The smallest absolute Gasteiger partial charge is 0.303 e. The molecule has 0 rings (SSSR count). The lowest BCUT2D eigenvalue weighted by Crippen LogP contribution is -2.14. The van der Waals surface area contributed by atoms with Crippen molar-refractivity contribution in [3.05, 3.63) is 0 Å². The Bertz CT molecular complexity index is 278. The predicted octanol–water partition coefficient (Wildman–Crippen LogP) is 7.13. The molecule has 0 aliphatic carbocycles. The number of carboxylic acid groups (broad SMARTS) is 1. The van der Waals surface area contributed by atoms with Gasteiger partial charge in [-0.2, -0.15) is 0 Å². The zero-order chi connectivity index (χ0) is 18.6. The summed E-state index contributed by atoms with van der Waals surface area (Å²) in [5, 5.41) is 8.62. The molecule has 3 nitrogen and oxygen atoms in total. The first-order chi connectivity index (χ1) is 12.2. The van der Waals surface area contributed by atoms with Gasteiger partial charge in [-0.15, -0.1) is 0 Å². The minimum Gasteiger partial charge on any atom is -0.481 e. The van der Waals surface area contributed by atoms with Crippen molar-refractivity contribution in [2.75, 3.05) is 6.61 Å². The minimum atomic E-state index is -0.665. The van der Waals surface area contributed by atoms with Crippen LogP contribution in [0.5, 0.6) is 0 Å². The summed E-state index contributed by atoms with van der Waals surface area (Å²) in [6, 6.07) is 0. The molecule has 150 valence electrons. The van der Waals surface area contributed by atoms with Gasteiger partial charge >= 0.3 is 5.97 Å². The zero-order valence-corrected chi connectivity index (χ0v) is 17.1. The lowest BCUT2D eigenvalue weighted by Gasteiger charge is -2.18. The number of hydrogen-bond acceptors (Lipinski definition) is 2. The van der Waals surface area contributed by atoms with Crippen LogP contribution >= 0.6 is 0 Å². The Morgan fingerprint density at radius 1 is 0.720 bits per heavy atom. The van der Waals surface area contributed by atoms with Crippen LogP contribution in [0.1, 0.15) is 123 Å². The molecule has 0 aromatic carbocycles. The summed E-state index contributed by atoms with van der Waals surface area (Å²) in [7, 11) is 0. The largest absolute Gasteiger partial charge is 0.481 e. The second-order valence-corrected chi connectivity index (χ2v) is 7.46. The number of carbonyl (C=O) groups is 1. The molecule has 0 amide bonds. The maximum absolute atomic E-state index is 10.5. The van der Waals surface area contributed by atoms with Crippen LogP contribution in [0.25, 0.3) is 0 Å². The highest BCUT2D eigenvalue weighted by Crippen LogP contribution is 2.17. The molecule has 0 aliphatic heterocycles. The lowest BCUT2D eigenvalue weighted by molar-refractivity contribution is -0.137. The highest BCUT2D eigenvalue weighted by molar-refractivity contribution is 5.66. The number of carboxylic acids is 1. The maximum Gasteiger partial charge on any atom is 0.303 e. The van der Waals surface area contributed by atoms with Crippen molar-refractivity contribution in [3.63, 3.8) is 0 Å². The van der Waals surface area contributed by atoms with E-state index in [0.717, 1.165) is 19.4 Å². The normalized spacial score (nSPS) is 12.4. The molecule has 0 heterocycles. The molecule has 3 heteroatoms. The minimum absolute atomic E-state index is 0.325. The molecule has 1 unspecified atom stereocenters. The molecule has 1 atom stereocenters. The van der Waals surface area contributed by atoms with Gasteiger partial charge in [-0.25, -0.2) is 0 Å². The number of hydrogen-bond donors (Lipinski definition) is 1. The van der Waals surface area contributed by atoms with E-state index in [1.165, 1.54) is 89.9 Å². The van der Waals surface area contributed by atoms with E-state index in [4.69, 9.17) is 9.84 Å². The Kier molecular flexibility index (Phi) is 19.3. The van der Waals surface area contributed by atoms with Crippen molar-refractivity contribution >= 4 is 5.97 Å². The summed E-state index contributed by atoms with van der Waals surface area (Å²) in [6.45, 7) is 5.41. The lowest BCUT2D eigenvalue weighted by atomic mass is 10.0. The van der Waals surface area contributed by atoms with E-state index in [1.54, 1.807) is 0 Å². The number of rotatable bonds is 20. The third-order valence-electron chi connectivity index (χ3n) is 4.90. The molecule has 0 aliphatic rings. The Hall–Kier alpha value is -0.570. The molecular formula is C22H44O3. The van der Waals surface area contributed by atoms with E-state index in [-0.39, 0.29) is 0 Å². The fourth-order valence-electron chi connectivity index (χ4n) is 3.21. The fourth-order valence-corrected chi connectivity index (χ4v) is 3.21. The first-order valence-electron chi connectivity index (χ1n) is 11.0. The summed E-state index contributed by atoms with van der Waals surface area (Å²) in [5.74, 6) is -0.665. The first kappa shape index (κ1) is 24.4. The van der Waals surface area contributed by atoms with Crippen LogP contribution in [0.3, 0.4) is 0 Å². The Morgan fingerprint density at radius 2 is 1.20 bits per heavy atom. The van der Waals surface area contributed by atoms with Crippen LogP contribution in [0.4, 0.5) is 0 Å². The molecule has 0 aromatic rings. The van der Waals surface area contributed by atoms with Gasteiger partial charge in [0.1, 0.15) is 0 Å². The number of aliphatic carboxylic acids is 1. The second-order valence-electron chi connectivity index (χ2n) is 7.46. The standard InChI is InChI=1S/C22H44O3/c1-3-5-7-8-11-14-17-21(25-20-6-4-2)18-15-12-9-10-13-16-19-22(23)24/h21H,3-20H2,1-2H3,(H,23,24). The van der Waals surface area contributed by atoms with Gasteiger partial charge in [0, 0.05) is 13.0 Å². The van der Waals surface area contributed by atoms with Gasteiger partial charge in [0.05, 0.1) is 6.10 Å². The average molecular weight is 357 g/mol. The van der Waals surface area contributed by atoms with Crippen LogP contribution in [0, 0.1) is 0 Å². The van der Waals surface area contributed by atoms with Gasteiger partial charge < -0.3 is 9.84 Å². The number of unbranched alkanes of at least 4 members (excludes halogenated alkanes) is 11. The maximum atomic E-state index is 10.5. The Labute approximate surface area is 156 Å². The molecule has 1 N–H and O–H groups in total. The van der Waals surface area contributed by atoms with Crippen molar-refractivity contribution < 1.29 is 14.6 Å². The molecular weight excluding hydrogens is 312 g/mol. The van der Waals surface area contributed by atoms with Crippen LogP contribution < -0.4 is 0 Å². The molecule has 0 radical (unpaired) electrons. The average Bonchev–Trinajstić information content (AvgIpc) is 2.59. The van der Waals surface area contributed by atoms with Crippen molar-refractivity contribution in [1.82, 2.24) is 0 Å². The summed E-state index contributed by atoms with van der Waals surface area (Å²) >= 11 is 0. The molecule has 0 fully saturated rings. The molecule has 0 saturated heterocycles. The van der Waals surface area contributed by atoms with Gasteiger partial charge in [-0.1, -0.05) is 90.9 Å². The first-order valence-corrected chi connectivity index (χ1v) is 11.0. The predicted molar refractivity (Wildman–Crippen MR) is 107 cm³/mol. The summed E-state index contributed by atoms with van der Waals surface area (Å²) < 4.78 is 6.12. The van der Waals surface area contributed by atoms with E-state index in [1.807, 2.05) is 0 Å². The molecule has 0 bridgehead atoms. The van der Waals surface area contributed by atoms with Gasteiger partial charge in [0.2, 0.25) is 0 Å². The highest BCUT2D eigenvalue weighted by Gasteiger charge is 2.08. The quantitative estimate of drug-likeness (QED) is 0.236. The van der Waals surface area contributed by atoms with Gasteiger partial charge in [-0.05, 0) is 25.7 Å². The summed E-state index contributed by atoms with van der Waals surface area (Å²) in [4.78, 5) is 10.5. The van der Waals surface area contributed by atoms with Crippen LogP contribution in [-0.4, -0.2) is 23.8 Å². The van der Waals surface area contributed by atoms with Crippen molar-refractivity contribution in [2.24, 2.45) is 0 Å². The van der Waals surface area contributed by atoms with Gasteiger partial charge in [0.15, 0.2) is 0 Å². The van der Waals surface area contributed by atoms with Crippen LogP contribution in [0.2, 0.25) is 0 Å². The fraction of sp³-hybridized carbons (Fsp3) is 0.955. The SMILES string of the molecule is CCCCCCCCC(CCCCCCCCC(=O)O)OCCCC. The molecule has 0 aromatic heterocycles. The molecule has 0 spiro atoms. The Morgan fingerprint density at radius 3 is 1.72 bits per heavy atom. The summed E-state index contributed by atoms with van der Waals surface area (Å²) in [5.41, 5.74) is 0. The zero-order valence-electron chi connectivity index (χ0n) is 17.1. The van der Waals surface area contributed by atoms with Crippen molar-refractivity contribution in [1.29, 1.82) is 0 Å². The van der Waals surface area contributed by atoms with E-state index in [0.29, 0.717) is 12.5 Å². The van der Waals surface area contributed by atoms with Crippen LogP contribution in [0.15, 0.2) is 0 Å². The highest BCUT2D eigenvalue weighted by atomic mass is 16.5. The van der Waals surface area contributed by atoms with E-state index in [9.17, 15) is 4.79 Å². The van der Waals surface area contributed by atoms with E-state index < -0.39 is 5.97 Å². The number of ether oxygens (including phenoxy) is 1. The molecule has 0 saturated carbocycles. The van der Waals surface area contributed by atoms with Crippen LogP contribution in [-0.2, 0) is 9.53 Å². The Balaban J connectivity index is 3.66. The van der Waals surface area contributed by atoms with E-state index in [2.05, 4.69) is 13.8 Å². The van der Waals surface area contributed by atoms with Gasteiger partial charge in [-0.3, -0.25) is 4.79 Å². The second kappa shape index (κ2) is 19.8. The van der Waals surface area contributed by atoms with E-state index >= 15 is 0 Å².